The topological polar surface area (TPSA) is 68.4 Å². The molecule has 0 saturated carbocycles. The zero-order chi connectivity index (χ0) is 28.8. The fourth-order valence-electron chi connectivity index (χ4n) is 5.31. The number of rotatable bonds is 10. The predicted molar refractivity (Wildman–Crippen MR) is 163 cm³/mol. The molecule has 214 valence electrons. The molecule has 3 aromatic rings. The average Bonchev–Trinajstić information content (AvgIpc) is 3.22. The number of nitrogens with zero attached hydrogens (tertiary/aromatic N) is 4. The zero-order valence-electron chi connectivity index (χ0n) is 23.0. The van der Waals surface area contributed by atoms with Gasteiger partial charge >= 0.3 is 0 Å². The summed E-state index contributed by atoms with van der Waals surface area (Å²) in [5, 5.41) is 3.20. The molecular weight excluding hydrogens is 541 g/mol. The fourth-order valence-corrected chi connectivity index (χ4v) is 5.72. The van der Waals surface area contributed by atoms with Crippen LogP contribution in [0.4, 0.5) is 21.5 Å². The molecule has 5 rings (SSSR count). The van der Waals surface area contributed by atoms with Gasteiger partial charge in [-0.05, 0) is 85.8 Å². The first-order chi connectivity index (χ1) is 19.9. The number of benzene rings is 3. The minimum Gasteiger partial charge on any atom is -0.497 e. The number of halogens is 1. The van der Waals surface area contributed by atoms with Crippen molar-refractivity contribution in [2.75, 3.05) is 61.5 Å². The summed E-state index contributed by atoms with van der Waals surface area (Å²) in [6.07, 6.45) is 0.727. The van der Waals surface area contributed by atoms with Crippen LogP contribution in [-0.2, 0) is 9.59 Å². The molecule has 0 radical (unpaired) electrons. The summed E-state index contributed by atoms with van der Waals surface area (Å²) in [6, 6.07) is 22.3. The summed E-state index contributed by atoms with van der Waals surface area (Å²) in [4.78, 5) is 34.7. The highest BCUT2D eigenvalue weighted by Crippen LogP contribution is 2.28. The molecular formula is C31H34FN5O3S. The summed E-state index contributed by atoms with van der Waals surface area (Å²) >= 11 is 5.75. The first-order valence-electron chi connectivity index (χ1n) is 13.8. The van der Waals surface area contributed by atoms with Crippen LogP contribution in [0.5, 0.6) is 5.75 Å². The molecule has 2 aliphatic rings. The van der Waals surface area contributed by atoms with E-state index in [4.69, 9.17) is 17.0 Å². The lowest BCUT2D eigenvalue weighted by Crippen LogP contribution is -2.47. The van der Waals surface area contributed by atoms with Crippen molar-refractivity contribution in [2.45, 2.75) is 18.9 Å². The van der Waals surface area contributed by atoms with Crippen LogP contribution in [0.15, 0.2) is 78.9 Å². The lowest BCUT2D eigenvalue weighted by molar-refractivity contribution is -0.124. The molecule has 8 nitrogen and oxygen atoms in total. The van der Waals surface area contributed by atoms with Gasteiger partial charge in [0.2, 0.25) is 5.91 Å². The molecule has 41 heavy (non-hydrogen) atoms. The Hall–Kier alpha value is -4.02. The van der Waals surface area contributed by atoms with Crippen molar-refractivity contribution < 1.29 is 18.7 Å². The first-order valence-corrected chi connectivity index (χ1v) is 14.2. The molecule has 2 fully saturated rings. The second-order valence-electron chi connectivity index (χ2n) is 10.1. The van der Waals surface area contributed by atoms with Crippen molar-refractivity contribution in [3.63, 3.8) is 0 Å². The Morgan fingerprint density at radius 1 is 0.927 bits per heavy atom. The maximum Gasteiger partial charge on any atom is 0.256 e. The van der Waals surface area contributed by atoms with Crippen molar-refractivity contribution in [1.82, 2.24) is 9.80 Å². The molecule has 2 heterocycles. The number of methoxy groups -OCH3 is 1. The number of piperazine rings is 1. The van der Waals surface area contributed by atoms with Crippen molar-refractivity contribution >= 4 is 46.2 Å². The molecule has 0 spiro atoms. The number of para-hydroxylation sites is 1. The summed E-state index contributed by atoms with van der Waals surface area (Å²) in [7, 11) is 1.58. The van der Waals surface area contributed by atoms with Crippen LogP contribution in [-0.4, -0.2) is 79.1 Å². The maximum atomic E-state index is 13.6. The third-order valence-corrected chi connectivity index (χ3v) is 7.94. The van der Waals surface area contributed by atoms with Crippen LogP contribution in [0.3, 0.4) is 0 Å². The SMILES string of the molecule is COc1ccc(NC(=O)C[C@@H]2C(=O)N(c3ccc(F)cc3)C(=S)N2CCCN2CCN(c3ccccc3)CC2)cc1. The van der Waals surface area contributed by atoms with Gasteiger partial charge in [-0.1, -0.05) is 18.2 Å². The van der Waals surface area contributed by atoms with Crippen molar-refractivity contribution in [3.8, 4) is 5.75 Å². The summed E-state index contributed by atoms with van der Waals surface area (Å²) in [5.41, 5.74) is 2.34. The first kappa shape index (κ1) is 28.5. The van der Waals surface area contributed by atoms with Gasteiger partial charge in [-0.3, -0.25) is 19.4 Å². The van der Waals surface area contributed by atoms with Gasteiger partial charge < -0.3 is 19.9 Å². The van der Waals surface area contributed by atoms with Crippen molar-refractivity contribution in [2.24, 2.45) is 0 Å². The van der Waals surface area contributed by atoms with E-state index in [1.807, 2.05) is 11.0 Å². The van der Waals surface area contributed by atoms with E-state index >= 15 is 0 Å². The largest absolute Gasteiger partial charge is 0.497 e. The molecule has 2 aliphatic heterocycles. The predicted octanol–water partition coefficient (Wildman–Crippen LogP) is 4.38. The van der Waals surface area contributed by atoms with Gasteiger partial charge in [0.15, 0.2) is 5.11 Å². The third-order valence-electron chi connectivity index (χ3n) is 7.52. The Kier molecular flexibility index (Phi) is 9.11. The molecule has 0 unspecified atom stereocenters. The van der Waals surface area contributed by atoms with E-state index in [1.54, 1.807) is 31.4 Å². The number of amides is 2. The van der Waals surface area contributed by atoms with E-state index in [-0.39, 0.29) is 18.2 Å². The summed E-state index contributed by atoms with van der Waals surface area (Å²) in [5.74, 6) is -0.296. The van der Waals surface area contributed by atoms with E-state index in [0.717, 1.165) is 39.1 Å². The minimum absolute atomic E-state index is 0.0571. The molecule has 10 heteroatoms. The normalized spacial score (nSPS) is 17.7. The van der Waals surface area contributed by atoms with Crippen molar-refractivity contribution in [1.29, 1.82) is 0 Å². The number of anilines is 3. The average molecular weight is 576 g/mol. The third kappa shape index (κ3) is 6.83. The van der Waals surface area contributed by atoms with Crippen LogP contribution in [0.1, 0.15) is 12.8 Å². The van der Waals surface area contributed by atoms with Gasteiger partial charge in [-0.25, -0.2) is 4.39 Å². The van der Waals surface area contributed by atoms with E-state index in [1.165, 1.54) is 34.9 Å². The van der Waals surface area contributed by atoms with Crippen LogP contribution in [0, 0.1) is 5.82 Å². The molecule has 0 aromatic heterocycles. The standard InChI is InChI=1S/C31H34FN5O3S/c1-40-27-14-10-24(11-15-27)33-29(38)22-28-30(39)37(26-12-8-23(32)9-13-26)31(41)36(28)17-5-16-34-18-20-35(21-19-34)25-6-3-2-4-7-25/h2-4,6-15,28H,5,16-22H2,1H3,(H,33,38)/t28-/m1/s1. The molecule has 2 amide bonds. The van der Waals surface area contributed by atoms with Crippen LogP contribution in [0.25, 0.3) is 0 Å². The van der Waals surface area contributed by atoms with E-state index in [2.05, 4.69) is 39.4 Å². The fraction of sp³-hybridized carbons (Fsp3) is 0.323. The van der Waals surface area contributed by atoms with E-state index < -0.39 is 11.9 Å². The summed E-state index contributed by atoms with van der Waals surface area (Å²) in [6.45, 7) is 5.20. The van der Waals surface area contributed by atoms with Gasteiger partial charge in [-0.15, -0.1) is 0 Å². The van der Waals surface area contributed by atoms with Crippen LogP contribution in [0.2, 0.25) is 0 Å². The molecule has 1 N–H and O–H groups in total. The van der Waals surface area contributed by atoms with Crippen LogP contribution >= 0.6 is 12.2 Å². The van der Waals surface area contributed by atoms with Gasteiger partial charge in [0.1, 0.15) is 17.6 Å². The highest BCUT2D eigenvalue weighted by molar-refractivity contribution is 7.80. The molecule has 1 atom stereocenters. The van der Waals surface area contributed by atoms with Gasteiger partial charge in [0, 0.05) is 44.1 Å². The Morgan fingerprint density at radius 2 is 1.61 bits per heavy atom. The number of carbonyl (C=O) groups excluding carboxylic acids is 2. The number of hydrogen-bond donors (Lipinski definition) is 1. The van der Waals surface area contributed by atoms with Crippen LogP contribution < -0.4 is 19.9 Å². The lowest BCUT2D eigenvalue weighted by atomic mass is 10.1. The lowest BCUT2D eigenvalue weighted by Gasteiger charge is -2.36. The monoisotopic (exact) mass is 575 g/mol. The number of carbonyl (C=O) groups is 2. The Bertz CT molecular complexity index is 1350. The minimum atomic E-state index is -0.749. The highest BCUT2D eigenvalue weighted by atomic mass is 32.1. The number of hydrogen-bond acceptors (Lipinski definition) is 6. The second-order valence-corrected chi connectivity index (χ2v) is 10.5. The van der Waals surface area contributed by atoms with Gasteiger partial charge in [0.25, 0.3) is 5.91 Å². The summed E-state index contributed by atoms with van der Waals surface area (Å²) < 4.78 is 18.8. The van der Waals surface area contributed by atoms with Gasteiger partial charge in [-0.2, -0.15) is 0 Å². The molecule has 0 aliphatic carbocycles. The molecule has 3 aromatic carbocycles. The zero-order valence-corrected chi connectivity index (χ0v) is 23.9. The quantitative estimate of drug-likeness (QED) is 0.360. The Balaban J connectivity index is 1.22. The van der Waals surface area contributed by atoms with E-state index in [9.17, 15) is 14.0 Å². The highest BCUT2D eigenvalue weighted by Gasteiger charge is 2.44. The Labute approximate surface area is 245 Å². The van der Waals surface area contributed by atoms with Gasteiger partial charge in [0.05, 0.1) is 19.2 Å². The number of ether oxygens (including phenoxy) is 1. The maximum absolute atomic E-state index is 13.6. The number of nitrogens with one attached hydrogen (secondary N) is 1. The molecule has 0 bridgehead atoms. The number of thiocarbonyl (C=S) groups is 1. The Morgan fingerprint density at radius 3 is 2.27 bits per heavy atom. The van der Waals surface area contributed by atoms with E-state index in [0.29, 0.717) is 28.8 Å². The van der Waals surface area contributed by atoms with Crippen molar-refractivity contribution in [3.05, 3.63) is 84.7 Å². The smallest absolute Gasteiger partial charge is 0.256 e. The second kappa shape index (κ2) is 13.1. The molecule has 2 saturated heterocycles.